The van der Waals surface area contributed by atoms with Crippen LogP contribution in [0.3, 0.4) is 0 Å². The lowest BCUT2D eigenvalue weighted by molar-refractivity contribution is -0.123. The fraction of sp³-hybridized carbons (Fsp3) is 0.619. The average molecular weight is 390 g/mol. The number of amides is 1. The number of rotatable bonds is 9. The molecule has 3 N–H and O–H groups in total. The lowest BCUT2D eigenvalue weighted by Crippen LogP contribution is -2.45. The number of guanidine groups is 1. The van der Waals surface area contributed by atoms with Crippen molar-refractivity contribution in [2.75, 3.05) is 46.9 Å². The molecule has 1 saturated heterocycles. The molecule has 1 unspecified atom stereocenters. The van der Waals surface area contributed by atoms with Crippen LogP contribution in [0.25, 0.3) is 0 Å². The van der Waals surface area contributed by atoms with Crippen LogP contribution in [0.1, 0.15) is 38.3 Å². The predicted octanol–water partition coefficient (Wildman–Crippen LogP) is 1.77. The van der Waals surface area contributed by atoms with Crippen molar-refractivity contribution in [3.05, 3.63) is 29.8 Å². The second-order valence-electron chi connectivity index (χ2n) is 7.36. The number of nitrogens with zero attached hydrogens (tertiary/aromatic N) is 2. The maximum Gasteiger partial charge on any atom is 0.222 e. The first-order valence-electron chi connectivity index (χ1n) is 10.2. The van der Waals surface area contributed by atoms with Crippen LogP contribution < -0.4 is 20.7 Å². The molecule has 0 aromatic heterocycles. The average Bonchev–Trinajstić information content (AvgIpc) is 3.24. The summed E-state index contributed by atoms with van der Waals surface area (Å²) < 4.78 is 5.41. The molecule has 1 atom stereocenters. The smallest absolute Gasteiger partial charge is 0.222 e. The zero-order valence-electron chi connectivity index (χ0n) is 17.6. The number of carbonyl (C=O) groups excluding carboxylic acids is 1. The van der Waals surface area contributed by atoms with E-state index < -0.39 is 0 Å². The Hall–Kier alpha value is -2.28. The molecule has 0 spiro atoms. The monoisotopic (exact) mass is 389 g/mol. The van der Waals surface area contributed by atoms with Gasteiger partial charge in [-0.1, -0.05) is 26.0 Å². The van der Waals surface area contributed by atoms with Gasteiger partial charge < -0.3 is 20.7 Å². The zero-order chi connectivity index (χ0) is 20.4. The number of methoxy groups -OCH3 is 1. The van der Waals surface area contributed by atoms with Crippen molar-refractivity contribution in [2.24, 2.45) is 10.9 Å². The van der Waals surface area contributed by atoms with E-state index in [1.54, 1.807) is 14.2 Å². The molecular weight excluding hydrogens is 354 g/mol. The molecule has 7 nitrogen and oxygen atoms in total. The summed E-state index contributed by atoms with van der Waals surface area (Å²) in [6.07, 6.45) is 2.48. The maximum atomic E-state index is 11.6. The van der Waals surface area contributed by atoms with Gasteiger partial charge in [0.15, 0.2) is 5.96 Å². The summed E-state index contributed by atoms with van der Waals surface area (Å²) in [6, 6.07) is 8.55. The molecule has 0 saturated carbocycles. The summed E-state index contributed by atoms with van der Waals surface area (Å²) >= 11 is 0. The third-order valence-electron chi connectivity index (χ3n) is 4.99. The Bertz CT molecular complexity index is 641. The van der Waals surface area contributed by atoms with Crippen molar-refractivity contribution < 1.29 is 9.53 Å². The molecule has 1 amide bonds. The Morgan fingerprint density at radius 2 is 1.89 bits per heavy atom. The lowest BCUT2D eigenvalue weighted by atomic mass is 10.1. The number of ether oxygens (including phenoxy) is 1. The fourth-order valence-corrected chi connectivity index (χ4v) is 3.34. The minimum Gasteiger partial charge on any atom is -0.497 e. The highest BCUT2D eigenvalue weighted by Crippen LogP contribution is 2.27. The summed E-state index contributed by atoms with van der Waals surface area (Å²) in [4.78, 5) is 18.4. The van der Waals surface area contributed by atoms with Crippen LogP contribution in [0.2, 0.25) is 0 Å². The van der Waals surface area contributed by atoms with E-state index in [9.17, 15) is 4.79 Å². The first-order chi connectivity index (χ1) is 13.5. The Morgan fingerprint density at radius 1 is 1.18 bits per heavy atom. The summed E-state index contributed by atoms with van der Waals surface area (Å²) in [6.45, 7) is 7.95. The van der Waals surface area contributed by atoms with Gasteiger partial charge in [0.2, 0.25) is 5.91 Å². The first-order valence-corrected chi connectivity index (χ1v) is 10.2. The number of carbonyl (C=O) groups is 1. The normalized spacial score (nSPS) is 16.1. The third-order valence-corrected chi connectivity index (χ3v) is 4.99. The molecule has 1 aromatic carbocycles. The Balaban J connectivity index is 1.91. The van der Waals surface area contributed by atoms with E-state index in [0.29, 0.717) is 13.1 Å². The summed E-state index contributed by atoms with van der Waals surface area (Å²) in [5.74, 6) is 1.69. The predicted molar refractivity (Wildman–Crippen MR) is 114 cm³/mol. The first kappa shape index (κ1) is 22.0. The Labute approximate surface area is 168 Å². The Morgan fingerprint density at radius 3 is 2.54 bits per heavy atom. The number of likely N-dealkylation sites (tertiary alicyclic amines) is 1. The number of benzene rings is 1. The second-order valence-corrected chi connectivity index (χ2v) is 7.36. The highest BCUT2D eigenvalue weighted by atomic mass is 16.5. The van der Waals surface area contributed by atoms with E-state index in [1.807, 2.05) is 26.0 Å². The van der Waals surface area contributed by atoms with Crippen LogP contribution >= 0.6 is 0 Å². The molecule has 1 aromatic rings. The van der Waals surface area contributed by atoms with Gasteiger partial charge in [0.1, 0.15) is 5.75 Å². The van der Waals surface area contributed by atoms with Crippen LogP contribution in [0.15, 0.2) is 29.3 Å². The van der Waals surface area contributed by atoms with Crippen LogP contribution in [-0.2, 0) is 4.79 Å². The summed E-state index contributed by atoms with van der Waals surface area (Å²) in [7, 11) is 3.46. The van der Waals surface area contributed by atoms with Crippen LogP contribution in [0.5, 0.6) is 5.75 Å². The fourth-order valence-electron chi connectivity index (χ4n) is 3.34. The van der Waals surface area contributed by atoms with Gasteiger partial charge in [0.25, 0.3) is 0 Å². The molecule has 1 heterocycles. The van der Waals surface area contributed by atoms with Crippen LogP contribution in [-0.4, -0.2) is 63.6 Å². The summed E-state index contributed by atoms with van der Waals surface area (Å²) in [5, 5.41) is 9.60. The van der Waals surface area contributed by atoms with Gasteiger partial charge in [0, 0.05) is 32.6 Å². The van der Waals surface area contributed by atoms with Crippen molar-refractivity contribution in [3.8, 4) is 5.75 Å². The van der Waals surface area contributed by atoms with E-state index in [2.05, 4.69) is 38.0 Å². The van der Waals surface area contributed by atoms with Crippen molar-refractivity contribution >= 4 is 11.9 Å². The maximum absolute atomic E-state index is 11.6. The molecule has 28 heavy (non-hydrogen) atoms. The second kappa shape index (κ2) is 11.5. The Kier molecular flexibility index (Phi) is 9.07. The molecule has 0 aliphatic carbocycles. The van der Waals surface area contributed by atoms with Gasteiger partial charge >= 0.3 is 0 Å². The van der Waals surface area contributed by atoms with Gasteiger partial charge in [-0.15, -0.1) is 0 Å². The minimum atomic E-state index is 0.00141. The topological polar surface area (TPSA) is 78.0 Å². The van der Waals surface area contributed by atoms with Gasteiger partial charge in [-0.3, -0.25) is 14.7 Å². The van der Waals surface area contributed by atoms with Crippen molar-refractivity contribution in [1.29, 1.82) is 0 Å². The summed E-state index contributed by atoms with van der Waals surface area (Å²) in [5.41, 5.74) is 1.24. The van der Waals surface area contributed by atoms with Gasteiger partial charge in [0.05, 0.1) is 13.2 Å². The lowest BCUT2D eigenvalue weighted by Gasteiger charge is -2.29. The van der Waals surface area contributed by atoms with E-state index in [-0.39, 0.29) is 17.9 Å². The standard InChI is InChI=1S/C21H35N5O2/c1-16(2)20(27)23-10-11-24-21(22-3)25-15-19(26-12-5-6-13-26)17-8-7-9-18(14-17)28-4/h7-9,14,16,19H,5-6,10-13,15H2,1-4H3,(H,23,27)(H2,22,24,25). The molecule has 1 fully saturated rings. The van der Waals surface area contributed by atoms with Crippen molar-refractivity contribution in [1.82, 2.24) is 20.9 Å². The third kappa shape index (κ3) is 6.71. The van der Waals surface area contributed by atoms with Gasteiger partial charge in [-0.25, -0.2) is 0 Å². The molecule has 1 aliphatic rings. The minimum absolute atomic E-state index is 0.00141. The number of hydrogen-bond donors (Lipinski definition) is 3. The SMILES string of the molecule is CN=C(NCCNC(=O)C(C)C)NCC(c1cccc(OC)c1)N1CCCC1. The molecule has 2 rings (SSSR count). The number of hydrogen-bond acceptors (Lipinski definition) is 4. The quantitative estimate of drug-likeness (QED) is 0.341. The molecule has 1 aliphatic heterocycles. The van der Waals surface area contributed by atoms with Crippen molar-refractivity contribution in [2.45, 2.75) is 32.7 Å². The van der Waals surface area contributed by atoms with Gasteiger partial charge in [-0.2, -0.15) is 0 Å². The van der Waals surface area contributed by atoms with Gasteiger partial charge in [-0.05, 0) is 43.6 Å². The largest absolute Gasteiger partial charge is 0.497 e. The highest BCUT2D eigenvalue weighted by Gasteiger charge is 2.24. The number of nitrogens with one attached hydrogen (secondary N) is 3. The zero-order valence-corrected chi connectivity index (χ0v) is 17.6. The van der Waals surface area contributed by atoms with E-state index >= 15 is 0 Å². The van der Waals surface area contributed by atoms with E-state index in [0.717, 1.165) is 31.3 Å². The highest BCUT2D eigenvalue weighted by molar-refractivity contribution is 5.80. The van der Waals surface area contributed by atoms with Crippen LogP contribution in [0.4, 0.5) is 0 Å². The van der Waals surface area contributed by atoms with E-state index in [4.69, 9.17) is 4.74 Å². The molecule has 0 bridgehead atoms. The molecule has 156 valence electrons. The molecular formula is C21H35N5O2. The molecule has 0 radical (unpaired) electrons. The molecule has 7 heteroatoms. The van der Waals surface area contributed by atoms with Crippen LogP contribution in [0, 0.1) is 5.92 Å². The number of aliphatic imine (C=N–C) groups is 1. The van der Waals surface area contributed by atoms with Crippen molar-refractivity contribution in [3.63, 3.8) is 0 Å². The van der Waals surface area contributed by atoms with E-state index in [1.165, 1.54) is 18.4 Å².